The second-order valence-corrected chi connectivity index (χ2v) is 7.80. The van der Waals surface area contributed by atoms with Gasteiger partial charge < -0.3 is 24.4 Å². The van der Waals surface area contributed by atoms with Crippen LogP contribution in [-0.2, 0) is 14.3 Å². The van der Waals surface area contributed by atoms with Gasteiger partial charge in [0.1, 0.15) is 6.04 Å². The number of esters is 1. The number of aromatic nitrogens is 2. The van der Waals surface area contributed by atoms with Crippen molar-refractivity contribution >= 4 is 23.8 Å². The topological polar surface area (TPSA) is 129 Å². The average molecular weight is 469 g/mol. The number of nitrogens with one attached hydrogen (secondary N) is 1. The van der Waals surface area contributed by atoms with E-state index < -0.39 is 23.8 Å². The average Bonchev–Trinajstić information content (AvgIpc) is 2.86. The van der Waals surface area contributed by atoms with Crippen molar-refractivity contribution in [1.82, 2.24) is 20.2 Å². The third kappa shape index (κ3) is 4.87. The van der Waals surface area contributed by atoms with Crippen LogP contribution in [0.15, 0.2) is 41.7 Å². The smallest absolute Gasteiger partial charge is 0.321 e. The van der Waals surface area contributed by atoms with E-state index in [1.807, 2.05) is 4.90 Å². The Hall–Kier alpha value is -3.89. The number of hydrogen-bond acceptors (Lipinski definition) is 10. The Kier molecular flexibility index (Phi) is 7.09. The van der Waals surface area contributed by atoms with E-state index in [2.05, 4.69) is 20.2 Å². The second-order valence-electron chi connectivity index (χ2n) is 7.80. The molecule has 2 aliphatic heterocycles. The first-order chi connectivity index (χ1) is 16.5. The highest BCUT2D eigenvalue weighted by Crippen LogP contribution is 2.36. The maximum absolute atomic E-state index is 13.1. The molecule has 0 unspecified atom stereocenters. The molecule has 0 aliphatic carbocycles. The minimum Gasteiger partial charge on any atom is -0.504 e. The number of phenols is 1. The zero-order valence-electron chi connectivity index (χ0n) is 19.2. The fourth-order valence-electron chi connectivity index (χ4n) is 4.02. The number of amides is 1. The number of carbonyl (C=O) groups excluding carboxylic acids is 2. The summed E-state index contributed by atoms with van der Waals surface area (Å²) < 4.78 is 10.7. The number of aliphatic imine (C=N–C) groups is 1. The molecule has 3 heterocycles. The molecule has 1 aromatic carbocycles. The molecule has 0 bridgehead atoms. The maximum Gasteiger partial charge on any atom is 0.321 e. The summed E-state index contributed by atoms with van der Waals surface area (Å²) in [5, 5.41) is 12.9. The van der Waals surface area contributed by atoms with Crippen LogP contribution >= 0.6 is 0 Å². The van der Waals surface area contributed by atoms with E-state index in [4.69, 9.17) is 14.5 Å². The lowest BCUT2D eigenvalue weighted by molar-refractivity contribution is -0.153. The largest absolute Gasteiger partial charge is 0.504 e. The predicted octanol–water partition coefficient (Wildman–Crippen LogP) is 1.11. The van der Waals surface area contributed by atoms with Crippen molar-refractivity contribution in [2.24, 2.45) is 10.9 Å². The van der Waals surface area contributed by atoms with Crippen molar-refractivity contribution in [2.45, 2.75) is 19.9 Å². The summed E-state index contributed by atoms with van der Waals surface area (Å²) in [7, 11) is 0. The summed E-state index contributed by atoms with van der Waals surface area (Å²) in [6.45, 7) is 6.48. The first-order valence-corrected chi connectivity index (χ1v) is 11.3. The fourth-order valence-corrected chi connectivity index (χ4v) is 4.02. The standard InChI is InChI=1S/C23H28N6O5/c1-3-33-17-14-15(6-7-16(17)30)19-18(21(32)34-4-2)20(31)27-23(26-19)29-12-10-28(11-13-29)22-24-8-5-9-25-22/h5-9,14,18-19,30H,3-4,10-13H2,1-2H3,(H,26,27,31)/t18-,19+/m1/s1. The zero-order valence-corrected chi connectivity index (χ0v) is 19.2. The lowest BCUT2D eigenvalue weighted by Gasteiger charge is -2.38. The minimum absolute atomic E-state index is 0.0259. The molecule has 180 valence electrons. The van der Waals surface area contributed by atoms with Crippen molar-refractivity contribution in [2.75, 3.05) is 44.3 Å². The van der Waals surface area contributed by atoms with E-state index in [0.717, 1.165) is 0 Å². The SMILES string of the molecule is CCOC(=O)[C@H]1C(=O)NC(N2CCN(c3ncccn3)CC2)=N[C@H]1c1ccc(O)c(OCC)c1. The first-order valence-electron chi connectivity index (χ1n) is 11.3. The molecule has 2 atom stereocenters. The third-order valence-electron chi connectivity index (χ3n) is 5.67. The van der Waals surface area contributed by atoms with E-state index in [9.17, 15) is 14.7 Å². The number of ether oxygens (including phenoxy) is 2. The highest BCUT2D eigenvalue weighted by atomic mass is 16.5. The van der Waals surface area contributed by atoms with Gasteiger partial charge in [-0.3, -0.25) is 14.9 Å². The molecule has 1 amide bonds. The number of guanidine groups is 1. The summed E-state index contributed by atoms with van der Waals surface area (Å²) in [6, 6.07) is 5.67. The number of anilines is 1. The van der Waals surface area contributed by atoms with Crippen LogP contribution in [0.25, 0.3) is 0 Å². The maximum atomic E-state index is 13.1. The molecule has 2 aliphatic rings. The Balaban J connectivity index is 1.61. The molecule has 11 nitrogen and oxygen atoms in total. The highest BCUT2D eigenvalue weighted by Gasteiger charge is 2.42. The second kappa shape index (κ2) is 10.4. The molecular formula is C23H28N6O5. The zero-order chi connectivity index (χ0) is 24.1. The van der Waals surface area contributed by atoms with Gasteiger partial charge in [0, 0.05) is 38.6 Å². The Labute approximate surface area is 197 Å². The van der Waals surface area contributed by atoms with Gasteiger partial charge in [0.15, 0.2) is 17.4 Å². The van der Waals surface area contributed by atoms with Gasteiger partial charge in [0.2, 0.25) is 17.8 Å². The number of carbonyl (C=O) groups is 2. The molecule has 1 fully saturated rings. The van der Waals surface area contributed by atoms with Gasteiger partial charge in [-0.15, -0.1) is 0 Å². The molecule has 0 saturated carbocycles. The Morgan fingerprint density at radius 3 is 2.50 bits per heavy atom. The van der Waals surface area contributed by atoms with Crippen LogP contribution in [0.4, 0.5) is 5.95 Å². The van der Waals surface area contributed by atoms with Crippen LogP contribution in [0.5, 0.6) is 11.5 Å². The van der Waals surface area contributed by atoms with Gasteiger partial charge in [-0.1, -0.05) is 6.07 Å². The molecule has 0 spiro atoms. The summed E-state index contributed by atoms with van der Waals surface area (Å²) in [5.41, 5.74) is 0.572. The van der Waals surface area contributed by atoms with Crippen molar-refractivity contribution in [1.29, 1.82) is 0 Å². The molecule has 2 N–H and O–H groups in total. The summed E-state index contributed by atoms with van der Waals surface area (Å²) in [5.74, 6) is -0.983. The van der Waals surface area contributed by atoms with Crippen molar-refractivity contribution in [3.8, 4) is 11.5 Å². The number of rotatable bonds is 6. The van der Waals surface area contributed by atoms with Crippen LogP contribution in [0.3, 0.4) is 0 Å². The van der Waals surface area contributed by atoms with E-state index in [0.29, 0.717) is 50.3 Å². The van der Waals surface area contributed by atoms with Crippen LogP contribution in [0, 0.1) is 5.92 Å². The third-order valence-corrected chi connectivity index (χ3v) is 5.67. The molecule has 2 aromatic rings. The number of phenolic OH excluding ortho intramolecular Hbond substituents is 1. The summed E-state index contributed by atoms with van der Waals surface area (Å²) in [6.07, 6.45) is 3.41. The quantitative estimate of drug-likeness (QED) is 0.473. The highest BCUT2D eigenvalue weighted by molar-refractivity contribution is 6.08. The monoisotopic (exact) mass is 468 g/mol. The number of hydrogen-bond donors (Lipinski definition) is 2. The van der Waals surface area contributed by atoms with E-state index in [1.54, 1.807) is 44.4 Å². The molecule has 1 aromatic heterocycles. The van der Waals surface area contributed by atoms with Gasteiger partial charge in [-0.2, -0.15) is 0 Å². The van der Waals surface area contributed by atoms with Crippen LogP contribution in [0.2, 0.25) is 0 Å². The van der Waals surface area contributed by atoms with E-state index in [-0.39, 0.29) is 18.1 Å². The Morgan fingerprint density at radius 2 is 1.82 bits per heavy atom. The van der Waals surface area contributed by atoms with Crippen molar-refractivity contribution < 1.29 is 24.2 Å². The van der Waals surface area contributed by atoms with Gasteiger partial charge in [-0.25, -0.2) is 15.0 Å². The van der Waals surface area contributed by atoms with Gasteiger partial charge in [0.05, 0.1) is 13.2 Å². The predicted molar refractivity (Wildman–Crippen MR) is 124 cm³/mol. The van der Waals surface area contributed by atoms with E-state index in [1.165, 1.54) is 6.07 Å². The number of benzene rings is 1. The number of aromatic hydroxyl groups is 1. The lowest BCUT2D eigenvalue weighted by atomic mass is 9.91. The van der Waals surface area contributed by atoms with Gasteiger partial charge >= 0.3 is 5.97 Å². The Morgan fingerprint density at radius 1 is 1.12 bits per heavy atom. The van der Waals surface area contributed by atoms with Crippen molar-refractivity contribution in [3.05, 3.63) is 42.2 Å². The molecule has 34 heavy (non-hydrogen) atoms. The number of piperazine rings is 1. The van der Waals surface area contributed by atoms with E-state index >= 15 is 0 Å². The minimum atomic E-state index is -1.15. The summed E-state index contributed by atoms with van der Waals surface area (Å²) >= 11 is 0. The van der Waals surface area contributed by atoms with Crippen LogP contribution in [0.1, 0.15) is 25.5 Å². The molecule has 11 heteroatoms. The lowest BCUT2D eigenvalue weighted by Crippen LogP contribution is -2.57. The van der Waals surface area contributed by atoms with Crippen LogP contribution in [-0.4, -0.2) is 77.2 Å². The fraction of sp³-hybridized carbons (Fsp3) is 0.435. The normalized spacial score (nSPS) is 20.4. The van der Waals surface area contributed by atoms with Crippen LogP contribution < -0.4 is 15.0 Å². The molecular weight excluding hydrogens is 440 g/mol. The molecule has 0 radical (unpaired) electrons. The summed E-state index contributed by atoms with van der Waals surface area (Å²) in [4.78, 5) is 43.1. The molecule has 1 saturated heterocycles. The number of nitrogens with zero attached hydrogens (tertiary/aromatic N) is 5. The first kappa shape index (κ1) is 23.3. The molecule has 4 rings (SSSR count). The van der Waals surface area contributed by atoms with Gasteiger partial charge in [0.25, 0.3) is 0 Å². The van der Waals surface area contributed by atoms with Crippen molar-refractivity contribution in [3.63, 3.8) is 0 Å². The Bertz CT molecular complexity index is 1060. The van der Waals surface area contributed by atoms with Gasteiger partial charge in [-0.05, 0) is 37.6 Å².